The molecule has 0 spiro atoms. The third-order valence-electron chi connectivity index (χ3n) is 8.30. The second-order valence-electron chi connectivity index (χ2n) is 11.0. The average molecular weight is 604 g/mol. The Morgan fingerprint density at radius 3 is 2.62 bits per heavy atom. The van der Waals surface area contributed by atoms with E-state index in [4.69, 9.17) is 11.6 Å². The fourth-order valence-electron chi connectivity index (χ4n) is 6.24. The van der Waals surface area contributed by atoms with E-state index in [0.29, 0.717) is 63.9 Å². The number of pyridine rings is 1. The van der Waals surface area contributed by atoms with Gasteiger partial charge in [-0.25, -0.2) is 4.39 Å². The number of nitrogens with one attached hydrogen (secondary N) is 2. The molecule has 0 bridgehead atoms. The number of H-pyrrole nitrogens is 2. The van der Waals surface area contributed by atoms with Crippen LogP contribution in [-0.4, -0.2) is 62.6 Å². The number of halogens is 5. The van der Waals surface area contributed by atoms with Crippen molar-refractivity contribution >= 4 is 45.2 Å². The normalized spacial score (nSPS) is 18.5. The zero-order valence-corrected chi connectivity index (χ0v) is 23.0. The number of carbonyl (C=O) groups excluding carboxylic acids is 2. The van der Waals surface area contributed by atoms with Crippen LogP contribution in [0.5, 0.6) is 0 Å². The number of hydrogen-bond donors (Lipinski definition) is 2. The second kappa shape index (κ2) is 10.7. The van der Waals surface area contributed by atoms with Gasteiger partial charge in [0, 0.05) is 42.4 Å². The van der Waals surface area contributed by atoms with Crippen LogP contribution in [-0.2, 0) is 22.6 Å². The largest absolute Gasteiger partial charge is 0.406 e. The molecular weight excluding hydrogens is 578 g/mol. The molecular formula is C29H26ClF4N5O3. The Morgan fingerprint density at radius 2 is 1.88 bits per heavy atom. The molecule has 1 saturated heterocycles. The van der Waals surface area contributed by atoms with Crippen LogP contribution in [0.25, 0.3) is 21.8 Å². The van der Waals surface area contributed by atoms with Crippen molar-refractivity contribution in [3.8, 4) is 0 Å². The first-order chi connectivity index (χ1) is 20.0. The van der Waals surface area contributed by atoms with Gasteiger partial charge in [0.15, 0.2) is 0 Å². The van der Waals surface area contributed by atoms with Crippen molar-refractivity contribution in [3.05, 3.63) is 74.4 Å². The molecule has 2 aliphatic rings. The Labute approximate surface area is 241 Å². The van der Waals surface area contributed by atoms with Gasteiger partial charge in [0.2, 0.25) is 11.8 Å². The van der Waals surface area contributed by atoms with Gasteiger partial charge in [-0.3, -0.25) is 19.5 Å². The lowest BCUT2D eigenvalue weighted by molar-refractivity contribution is -0.165. The molecule has 1 atom stereocenters. The number of para-hydroxylation sites is 1. The lowest BCUT2D eigenvalue weighted by Gasteiger charge is -2.33. The van der Waals surface area contributed by atoms with Crippen LogP contribution in [0.3, 0.4) is 0 Å². The summed E-state index contributed by atoms with van der Waals surface area (Å²) in [6.45, 7) is -1.08. The van der Waals surface area contributed by atoms with Gasteiger partial charge in [-0.15, -0.1) is 0 Å². The lowest BCUT2D eigenvalue weighted by Crippen LogP contribution is -2.44. The van der Waals surface area contributed by atoms with E-state index in [1.807, 2.05) is 0 Å². The molecule has 6 rings (SSSR count). The monoisotopic (exact) mass is 603 g/mol. The molecule has 13 heteroatoms. The number of carbonyl (C=O) groups is 2. The van der Waals surface area contributed by atoms with Crippen LogP contribution in [0.1, 0.15) is 41.9 Å². The SMILES string of the molecule is O=C(CC1Cc2cc(Cl)c3[nH]ncc3c2CN(CC(F)(F)F)C1=O)N1CCC(c2cc3cccc(F)c3[nH]c2=O)CC1. The molecule has 2 aromatic heterocycles. The van der Waals surface area contributed by atoms with Gasteiger partial charge >= 0.3 is 6.18 Å². The zero-order chi connectivity index (χ0) is 29.8. The van der Waals surface area contributed by atoms with E-state index in [2.05, 4.69) is 15.2 Å². The molecule has 1 fully saturated rings. The van der Waals surface area contributed by atoms with Gasteiger partial charge in [-0.05, 0) is 54.5 Å². The van der Waals surface area contributed by atoms with Crippen LogP contribution in [0.15, 0.2) is 41.3 Å². The van der Waals surface area contributed by atoms with E-state index in [1.54, 1.807) is 29.2 Å². The highest BCUT2D eigenvalue weighted by Gasteiger charge is 2.39. The number of fused-ring (bicyclic) bond motifs is 4. The average Bonchev–Trinajstić information content (AvgIpc) is 3.40. The maximum atomic E-state index is 14.1. The lowest BCUT2D eigenvalue weighted by atomic mass is 9.88. The van der Waals surface area contributed by atoms with E-state index in [9.17, 15) is 31.9 Å². The Hall–Kier alpha value is -3.93. The van der Waals surface area contributed by atoms with Crippen LogP contribution in [0.4, 0.5) is 17.6 Å². The van der Waals surface area contributed by atoms with Crippen LogP contribution in [0.2, 0.25) is 5.02 Å². The molecule has 1 unspecified atom stereocenters. The summed E-state index contributed by atoms with van der Waals surface area (Å²) in [7, 11) is 0. The minimum Gasteiger partial charge on any atom is -0.343 e. The summed E-state index contributed by atoms with van der Waals surface area (Å²) in [5.41, 5.74) is 1.88. The van der Waals surface area contributed by atoms with Crippen LogP contribution < -0.4 is 5.56 Å². The van der Waals surface area contributed by atoms with Crippen molar-refractivity contribution in [3.63, 3.8) is 0 Å². The Kier molecular flexibility index (Phi) is 7.20. The smallest absolute Gasteiger partial charge is 0.343 e. The topological polar surface area (TPSA) is 102 Å². The summed E-state index contributed by atoms with van der Waals surface area (Å²) in [5.74, 6) is -2.75. The summed E-state index contributed by atoms with van der Waals surface area (Å²) >= 11 is 6.39. The summed E-state index contributed by atoms with van der Waals surface area (Å²) in [5, 5.41) is 8.15. The van der Waals surface area contributed by atoms with Gasteiger partial charge in [0.25, 0.3) is 5.56 Å². The Balaban J connectivity index is 1.20. The van der Waals surface area contributed by atoms with Gasteiger partial charge < -0.3 is 14.8 Å². The number of piperidine rings is 1. The third-order valence-corrected chi connectivity index (χ3v) is 8.60. The quantitative estimate of drug-likeness (QED) is 0.319. The number of hydrogen-bond acceptors (Lipinski definition) is 4. The van der Waals surface area contributed by atoms with E-state index in [1.165, 1.54) is 12.3 Å². The fourth-order valence-corrected chi connectivity index (χ4v) is 6.51. The number of nitrogens with zero attached hydrogens (tertiary/aromatic N) is 3. The molecule has 0 radical (unpaired) electrons. The highest BCUT2D eigenvalue weighted by molar-refractivity contribution is 6.35. The number of benzene rings is 2. The first-order valence-electron chi connectivity index (χ1n) is 13.6. The third kappa shape index (κ3) is 5.35. The van der Waals surface area contributed by atoms with Crippen molar-refractivity contribution in [2.24, 2.45) is 5.92 Å². The number of alkyl halides is 3. The molecule has 2 aromatic carbocycles. The predicted molar refractivity (Wildman–Crippen MR) is 147 cm³/mol. The van der Waals surface area contributed by atoms with E-state index >= 15 is 0 Å². The van der Waals surface area contributed by atoms with E-state index in [-0.39, 0.29) is 42.3 Å². The predicted octanol–water partition coefficient (Wildman–Crippen LogP) is 5.06. The molecule has 4 aromatic rings. The number of rotatable bonds is 4. The number of likely N-dealkylation sites (tertiary alicyclic amines) is 1. The first kappa shape index (κ1) is 28.2. The highest BCUT2D eigenvalue weighted by atomic mass is 35.5. The van der Waals surface area contributed by atoms with Crippen molar-refractivity contribution in [2.75, 3.05) is 19.6 Å². The van der Waals surface area contributed by atoms with Crippen LogP contribution in [0, 0.1) is 11.7 Å². The maximum Gasteiger partial charge on any atom is 0.406 e. The highest BCUT2D eigenvalue weighted by Crippen LogP contribution is 2.36. The molecule has 0 aliphatic carbocycles. The summed E-state index contributed by atoms with van der Waals surface area (Å²) in [6.07, 6.45) is -2.38. The van der Waals surface area contributed by atoms with Gasteiger partial charge in [0.05, 0.1) is 28.2 Å². The summed E-state index contributed by atoms with van der Waals surface area (Å²) in [6, 6.07) is 7.85. The van der Waals surface area contributed by atoms with Crippen molar-refractivity contribution in [1.29, 1.82) is 0 Å². The molecule has 2 N–H and O–H groups in total. The van der Waals surface area contributed by atoms with Gasteiger partial charge in [-0.1, -0.05) is 23.7 Å². The van der Waals surface area contributed by atoms with Crippen molar-refractivity contribution in [2.45, 2.75) is 44.3 Å². The van der Waals surface area contributed by atoms with Gasteiger partial charge in [-0.2, -0.15) is 18.3 Å². The molecule has 4 heterocycles. The molecule has 220 valence electrons. The molecule has 0 saturated carbocycles. The summed E-state index contributed by atoms with van der Waals surface area (Å²) < 4.78 is 54.5. The zero-order valence-electron chi connectivity index (χ0n) is 22.2. The van der Waals surface area contributed by atoms with Gasteiger partial charge in [0.1, 0.15) is 12.4 Å². The Morgan fingerprint density at radius 1 is 1.12 bits per heavy atom. The molecule has 8 nitrogen and oxygen atoms in total. The van der Waals surface area contributed by atoms with E-state index in [0.717, 1.165) is 4.90 Å². The van der Waals surface area contributed by atoms with E-state index < -0.39 is 30.4 Å². The second-order valence-corrected chi connectivity index (χ2v) is 11.4. The van der Waals surface area contributed by atoms with Crippen molar-refractivity contribution in [1.82, 2.24) is 25.0 Å². The number of aromatic nitrogens is 3. The fraction of sp³-hybridized carbons (Fsp3) is 0.379. The molecule has 42 heavy (non-hydrogen) atoms. The molecule has 2 amide bonds. The van der Waals surface area contributed by atoms with Crippen molar-refractivity contribution < 1.29 is 27.2 Å². The van der Waals surface area contributed by atoms with Crippen LogP contribution >= 0.6 is 11.6 Å². The minimum absolute atomic E-state index is 0.0641. The number of aromatic amines is 2. The number of amides is 2. The maximum absolute atomic E-state index is 14.1. The first-order valence-corrected chi connectivity index (χ1v) is 13.9. The standard InChI is InChI=1S/C29H26ClF4N5O3/c30-22-10-17-8-18(28(42)39(14-29(32,33)34)13-21(17)20-12-35-37-26(20)22)11-24(40)38-6-4-15(5-7-38)19-9-16-2-1-3-23(31)25(16)36-27(19)41/h1-3,9-10,12,15,18H,4-8,11,13-14H2,(H,35,37)(H,36,41). The summed E-state index contributed by atoms with van der Waals surface area (Å²) in [4.78, 5) is 44.4. The Bertz CT molecular complexity index is 1760. The molecule has 2 aliphatic heterocycles. The minimum atomic E-state index is -4.62.